The normalized spacial score (nSPS) is 49.2. The molecule has 3 unspecified atom stereocenters. The van der Waals surface area contributed by atoms with Crippen LogP contribution in [0.25, 0.3) is 0 Å². The largest absolute Gasteiger partial charge is 0.388 e. The van der Waals surface area contributed by atoms with E-state index in [0.717, 1.165) is 0 Å². The van der Waals surface area contributed by atoms with E-state index in [9.17, 15) is 15.3 Å². The van der Waals surface area contributed by atoms with Crippen molar-refractivity contribution in [1.29, 1.82) is 0 Å². The van der Waals surface area contributed by atoms with Gasteiger partial charge in [0, 0.05) is 7.11 Å². The first-order valence-corrected chi connectivity index (χ1v) is 3.80. The Balaban J connectivity index is 2.63. The van der Waals surface area contributed by atoms with Crippen LogP contribution >= 0.6 is 0 Å². The summed E-state index contributed by atoms with van der Waals surface area (Å²) in [5.74, 6) is 0. The molecule has 0 radical (unpaired) electrons. The Labute approximate surface area is 70.5 Å². The highest BCUT2D eigenvalue weighted by molar-refractivity contribution is 4.86. The third-order valence-corrected chi connectivity index (χ3v) is 2.04. The molecule has 0 spiro atoms. The van der Waals surface area contributed by atoms with E-state index >= 15 is 0 Å². The monoisotopic (exact) mass is 178 g/mol. The molecule has 0 aromatic rings. The minimum atomic E-state index is -1.21. The summed E-state index contributed by atoms with van der Waals surface area (Å²) >= 11 is 0. The molecule has 0 amide bonds. The second-order valence-electron chi connectivity index (χ2n) is 2.92. The van der Waals surface area contributed by atoms with Crippen molar-refractivity contribution in [1.82, 2.24) is 0 Å². The predicted molar refractivity (Wildman–Crippen MR) is 39.4 cm³/mol. The molecule has 5 atom stereocenters. The lowest BCUT2D eigenvalue weighted by atomic mass is 10.0. The number of hydrogen-bond acceptors (Lipinski definition) is 5. The summed E-state index contributed by atoms with van der Waals surface area (Å²) in [5.41, 5.74) is 0. The molecule has 72 valence electrons. The molecule has 0 saturated carbocycles. The summed E-state index contributed by atoms with van der Waals surface area (Å²) < 4.78 is 9.80. The SMILES string of the molecule is CO[C@@H]1OC(C)[C@@H](O)C(O)C1O. The van der Waals surface area contributed by atoms with Crippen LogP contribution in [0, 0.1) is 0 Å². The Morgan fingerprint density at radius 3 is 2.17 bits per heavy atom. The van der Waals surface area contributed by atoms with Crippen molar-refractivity contribution in [3.8, 4) is 0 Å². The lowest BCUT2D eigenvalue weighted by molar-refractivity contribution is -0.286. The Morgan fingerprint density at radius 1 is 1.08 bits per heavy atom. The van der Waals surface area contributed by atoms with Crippen molar-refractivity contribution in [3.05, 3.63) is 0 Å². The molecule has 12 heavy (non-hydrogen) atoms. The van der Waals surface area contributed by atoms with Crippen molar-refractivity contribution < 1.29 is 24.8 Å². The van der Waals surface area contributed by atoms with Crippen molar-refractivity contribution >= 4 is 0 Å². The second-order valence-corrected chi connectivity index (χ2v) is 2.92. The molecule has 0 aromatic carbocycles. The summed E-state index contributed by atoms with van der Waals surface area (Å²) in [6.45, 7) is 1.60. The van der Waals surface area contributed by atoms with E-state index in [-0.39, 0.29) is 0 Å². The smallest absolute Gasteiger partial charge is 0.186 e. The molecule has 0 aromatic heterocycles. The van der Waals surface area contributed by atoms with Crippen LogP contribution in [0.4, 0.5) is 0 Å². The molecule has 0 aliphatic carbocycles. The zero-order valence-corrected chi connectivity index (χ0v) is 7.04. The second kappa shape index (κ2) is 3.68. The maximum absolute atomic E-state index is 9.27. The lowest BCUT2D eigenvalue weighted by Crippen LogP contribution is -2.57. The zero-order valence-electron chi connectivity index (χ0n) is 7.04. The molecule has 1 saturated heterocycles. The molecular formula is C7H14O5. The van der Waals surface area contributed by atoms with Crippen molar-refractivity contribution in [2.45, 2.75) is 37.6 Å². The molecule has 5 heteroatoms. The number of ether oxygens (including phenoxy) is 2. The van der Waals surface area contributed by atoms with Gasteiger partial charge in [0.05, 0.1) is 6.10 Å². The fraction of sp³-hybridized carbons (Fsp3) is 1.00. The molecule has 1 aliphatic heterocycles. The number of aliphatic hydroxyl groups excluding tert-OH is 3. The Hall–Kier alpha value is -0.200. The van der Waals surface area contributed by atoms with E-state index in [0.29, 0.717) is 0 Å². The van der Waals surface area contributed by atoms with E-state index in [1.54, 1.807) is 6.92 Å². The standard InChI is InChI=1S/C7H14O5/c1-3-4(8)5(9)6(10)7(11-2)12-3/h3-10H,1-2H3/t3?,4-,5?,6?,7-/m1/s1. The molecule has 1 rings (SSSR count). The van der Waals surface area contributed by atoms with E-state index in [1.165, 1.54) is 7.11 Å². The number of methoxy groups -OCH3 is 1. The third-order valence-electron chi connectivity index (χ3n) is 2.04. The van der Waals surface area contributed by atoms with Gasteiger partial charge in [-0.1, -0.05) is 0 Å². The van der Waals surface area contributed by atoms with Gasteiger partial charge in [0.15, 0.2) is 6.29 Å². The van der Waals surface area contributed by atoms with Gasteiger partial charge in [-0.25, -0.2) is 0 Å². The Morgan fingerprint density at radius 2 is 1.67 bits per heavy atom. The first-order valence-electron chi connectivity index (χ1n) is 3.80. The van der Waals surface area contributed by atoms with Gasteiger partial charge >= 0.3 is 0 Å². The van der Waals surface area contributed by atoms with Crippen LogP contribution in [0.15, 0.2) is 0 Å². The van der Waals surface area contributed by atoms with Crippen LogP contribution in [0.2, 0.25) is 0 Å². The topological polar surface area (TPSA) is 79.2 Å². The molecule has 1 fully saturated rings. The summed E-state index contributed by atoms with van der Waals surface area (Å²) in [6.07, 6.45) is -4.86. The quantitative estimate of drug-likeness (QED) is 0.453. The molecule has 5 nitrogen and oxygen atoms in total. The van der Waals surface area contributed by atoms with Crippen LogP contribution in [0.5, 0.6) is 0 Å². The first-order chi connectivity index (χ1) is 5.57. The fourth-order valence-corrected chi connectivity index (χ4v) is 1.21. The Bertz CT molecular complexity index is 146. The molecule has 1 heterocycles. The number of aliphatic hydroxyl groups is 3. The number of rotatable bonds is 1. The van der Waals surface area contributed by atoms with Crippen LogP contribution in [-0.2, 0) is 9.47 Å². The van der Waals surface area contributed by atoms with Gasteiger partial charge in [-0.2, -0.15) is 0 Å². The van der Waals surface area contributed by atoms with Gasteiger partial charge in [0.2, 0.25) is 0 Å². The van der Waals surface area contributed by atoms with Crippen LogP contribution in [0.1, 0.15) is 6.92 Å². The third kappa shape index (κ3) is 1.60. The number of hydrogen-bond donors (Lipinski definition) is 3. The van der Waals surface area contributed by atoms with Crippen LogP contribution < -0.4 is 0 Å². The van der Waals surface area contributed by atoms with Crippen molar-refractivity contribution in [2.24, 2.45) is 0 Å². The summed E-state index contributed by atoms with van der Waals surface area (Å²) in [5, 5.41) is 27.8. The van der Waals surface area contributed by atoms with E-state index in [1.807, 2.05) is 0 Å². The zero-order chi connectivity index (χ0) is 9.30. The first kappa shape index (κ1) is 9.88. The van der Waals surface area contributed by atoms with E-state index in [4.69, 9.17) is 9.47 Å². The van der Waals surface area contributed by atoms with Gasteiger partial charge in [-0.15, -0.1) is 0 Å². The summed E-state index contributed by atoms with van der Waals surface area (Å²) in [4.78, 5) is 0. The highest BCUT2D eigenvalue weighted by Crippen LogP contribution is 2.20. The molecular weight excluding hydrogens is 164 g/mol. The predicted octanol–water partition coefficient (Wildman–Crippen LogP) is -1.54. The van der Waals surface area contributed by atoms with Gasteiger partial charge < -0.3 is 24.8 Å². The van der Waals surface area contributed by atoms with E-state index < -0.39 is 30.7 Å². The lowest BCUT2D eigenvalue weighted by Gasteiger charge is -2.38. The molecule has 0 bridgehead atoms. The molecule has 1 aliphatic rings. The molecule has 3 N–H and O–H groups in total. The fourth-order valence-electron chi connectivity index (χ4n) is 1.21. The van der Waals surface area contributed by atoms with Crippen LogP contribution in [-0.4, -0.2) is 53.1 Å². The average molecular weight is 178 g/mol. The van der Waals surface area contributed by atoms with Gasteiger partial charge in [-0.05, 0) is 6.92 Å². The maximum atomic E-state index is 9.27. The van der Waals surface area contributed by atoms with E-state index in [2.05, 4.69) is 0 Å². The van der Waals surface area contributed by atoms with Gasteiger partial charge in [0.1, 0.15) is 18.3 Å². The Kier molecular flexibility index (Phi) is 3.03. The van der Waals surface area contributed by atoms with Crippen molar-refractivity contribution in [3.63, 3.8) is 0 Å². The average Bonchev–Trinajstić information content (AvgIpc) is 2.08. The van der Waals surface area contributed by atoms with Gasteiger partial charge in [0.25, 0.3) is 0 Å². The van der Waals surface area contributed by atoms with Crippen LogP contribution in [0.3, 0.4) is 0 Å². The minimum absolute atomic E-state index is 0.534. The van der Waals surface area contributed by atoms with Gasteiger partial charge in [-0.3, -0.25) is 0 Å². The summed E-state index contributed by atoms with van der Waals surface area (Å²) in [6, 6.07) is 0. The maximum Gasteiger partial charge on any atom is 0.186 e. The highest BCUT2D eigenvalue weighted by atomic mass is 16.7. The highest BCUT2D eigenvalue weighted by Gasteiger charge is 2.41. The summed E-state index contributed by atoms with van der Waals surface area (Å²) in [7, 11) is 1.37. The minimum Gasteiger partial charge on any atom is -0.388 e. The van der Waals surface area contributed by atoms with Crippen molar-refractivity contribution in [2.75, 3.05) is 7.11 Å².